The number of sulfonamides is 1. The zero-order valence-electron chi connectivity index (χ0n) is 21.5. The third kappa shape index (κ3) is 7.27. The lowest BCUT2D eigenvalue weighted by atomic mass is 10.0. The molecule has 2 aliphatic rings. The van der Waals surface area contributed by atoms with Crippen LogP contribution in [0.15, 0.2) is 60.5 Å². The third-order valence-electron chi connectivity index (χ3n) is 7.00. The number of halogens is 3. The Balaban J connectivity index is 1.27. The number of hydrogen-bond acceptors (Lipinski definition) is 5. The topological polar surface area (TPSA) is 116 Å². The second kappa shape index (κ2) is 11.8. The molecular formula is C27H29F3N4O5S. The number of amides is 3. The van der Waals surface area contributed by atoms with Gasteiger partial charge in [-0.3, -0.25) is 14.4 Å². The summed E-state index contributed by atoms with van der Waals surface area (Å²) in [5.74, 6) is -0.905. The van der Waals surface area contributed by atoms with Gasteiger partial charge in [0.1, 0.15) is 6.54 Å². The molecule has 40 heavy (non-hydrogen) atoms. The fraction of sp³-hybridized carbons (Fsp3) is 0.370. The highest BCUT2D eigenvalue weighted by molar-refractivity contribution is 7.92. The van der Waals surface area contributed by atoms with Gasteiger partial charge in [-0.25, -0.2) is 13.1 Å². The summed E-state index contributed by atoms with van der Waals surface area (Å²) in [6, 6.07) is 10.8. The van der Waals surface area contributed by atoms with E-state index in [1.807, 2.05) is 0 Å². The molecule has 214 valence electrons. The van der Waals surface area contributed by atoms with Gasteiger partial charge in [-0.15, -0.1) is 0 Å². The number of hydrogen-bond donors (Lipinski definition) is 2. The van der Waals surface area contributed by atoms with E-state index in [4.69, 9.17) is 0 Å². The van der Waals surface area contributed by atoms with Crippen LogP contribution >= 0.6 is 0 Å². The first kappa shape index (κ1) is 29.3. The Labute approximate surface area is 230 Å². The van der Waals surface area contributed by atoms with E-state index in [2.05, 4.69) is 16.6 Å². The molecule has 2 aliphatic heterocycles. The molecule has 9 nitrogen and oxygen atoms in total. The van der Waals surface area contributed by atoms with Crippen molar-refractivity contribution in [1.82, 2.24) is 19.8 Å². The van der Waals surface area contributed by atoms with Crippen molar-refractivity contribution in [2.75, 3.05) is 26.2 Å². The van der Waals surface area contributed by atoms with Crippen molar-refractivity contribution in [3.63, 3.8) is 0 Å². The normalized spacial score (nSPS) is 19.3. The summed E-state index contributed by atoms with van der Waals surface area (Å²) in [5, 5.41) is 3.50. The largest absolute Gasteiger partial charge is 0.416 e. The lowest BCUT2D eigenvalue weighted by Crippen LogP contribution is -2.55. The maximum absolute atomic E-state index is 13.1. The monoisotopic (exact) mass is 578 g/mol. The predicted octanol–water partition coefficient (Wildman–Crippen LogP) is 2.30. The summed E-state index contributed by atoms with van der Waals surface area (Å²) in [6.45, 7) is 4.20. The van der Waals surface area contributed by atoms with Crippen LogP contribution in [0.2, 0.25) is 0 Å². The minimum Gasteiger partial charge on any atom is -0.352 e. The molecule has 4 rings (SSSR count). The fourth-order valence-corrected chi connectivity index (χ4v) is 5.45. The summed E-state index contributed by atoms with van der Waals surface area (Å²) in [6.07, 6.45) is -3.84. The summed E-state index contributed by atoms with van der Waals surface area (Å²) in [7, 11) is -3.56. The van der Waals surface area contributed by atoms with E-state index in [1.54, 1.807) is 29.2 Å². The first-order chi connectivity index (χ1) is 18.8. The van der Waals surface area contributed by atoms with E-state index in [9.17, 15) is 36.0 Å². The van der Waals surface area contributed by atoms with Crippen LogP contribution in [-0.2, 0) is 38.8 Å². The number of nitrogens with one attached hydrogen (secondary N) is 2. The molecule has 3 amide bonds. The first-order valence-electron chi connectivity index (χ1n) is 12.6. The van der Waals surface area contributed by atoms with E-state index in [0.717, 1.165) is 17.5 Å². The first-order valence-corrected chi connectivity index (χ1v) is 14.1. The molecule has 0 unspecified atom stereocenters. The molecule has 0 spiro atoms. The molecule has 2 aromatic rings. The quantitative estimate of drug-likeness (QED) is 0.474. The Morgan fingerprint density at radius 1 is 1.02 bits per heavy atom. The second-order valence-corrected chi connectivity index (χ2v) is 11.6. The van der Waals surface area contributed by atoms with E-state index < -0.39 is 21.8 Å². The number of rotatable bonds is 9. The Morgan fingerprint density at radius 2 is 1.68 bits per heavy atom. The van der Waals surface area contributed by atoms with Crippen LogP contribution in [0.5, 0.6) is 0 Å². The van der Waals surface area contributed by atoms with E-state index in [0.29, 0.717) is 36.2 Å². The minimum absolute atomic E-state index is 0.0192. The maximum atomic E-state index is 13.1. The van der Waals surface area contributed by atoms with Crippen molar-refractivity contribution in [2.24, 2.45) is 5.92 Å². The Kier molecular flexibility index (Phi) is 8.64. The summed E-state index contributed by atoms with van der Waals surface area (Å²) in [5.41, 5.74) is 0.778. The number of benzene rings is 2. The summed E-state index contributed by atoms with van der Waals surface area (Å²) < 4.78 is 63.7. The van der Waals surface area contributed by atoms with Gasteiger partial charge in [0.15, 0.2) is 0 Å². The highest BCUT2D eigenvalue weighted by Crippen LogP contribution is 2.29. The Bertz CT molecular complexity index is 1380. The van der Waals surface area contributed by atoms with Gasteiger partial charge in [0.25, 0.3) is 5.91 Å². The molecule has 2 heterocycles. The Morgan fingerprint density at radius 3 is 2.30 bits per heavy atom. The van der Waals surface area contributed by atoms with Crippen LogP contribution in [0, 0.1) is 5.92 Å². The molecule has 2 saturated heterocycles. The SMILES string of the molecule is C=CS(=O)(=O)NC[C@@H]1C[C@H]2CN(C(=O)c3ccc(CC(=O)NCc4ccc(C(F)(F)F)cc4)cc3)CC(=O)N2C1. The molecule has 2 fully saturated rings. The van der Waals surface area contributed by atoms with Crippen LogP contribution in [-0.4, -0.2) is 68.2 Å². The maximum Gasteiger partial charge on any atom is 0.416 e. The number of carbonyl (C=O) groups is 3. The third-order valence-corrected chi connectivity index (χ3v) is 8.00. The Hall–Kier alpha value is -3.71. The van der Waals surface area contributed by atoms with Crippen LogP contribution in [0.4, 0.5) is 13.2 Å². The van der Waals surface area contributed by atoms with Gasteiger partial charge in [0.05, 0.1) is 12.0 Å². The molecule has 0 aliphatic carbocycles. The molecule has 0 aromatic heterocycles. The average molecular weight is 579 g/mol. The van der Waals surface area contributed by atoms with Crippen molar-refractivity contribution >= 4 is 27.7 Å². The van der Waals surface area contributed by atoms with E-state index >= 15 is 0 Å². The molecule has 2 N–H and O–H groups in total. The highest BCUT2D eigenvalue weighted by atomic mass is 32.2. The van der Waals surface area contributed by atoms with Crippen molar-refractivity contribution in [3.05, 3.63) is 82.8 Å². The highest BCUT2D eigenvalue weighted by Gasteiger charge is 2.41. The zero-order valence-corrected chi connectivity index (χ0v) is 22.3. The number of fused-ring (bicyclic) bond motifs is 1. The molecule has 2 atom stereocenters. The van der Waals surface area contributed by atoms with Gasteiger partial charge < -0.3 is 15.1 Å². The van der Waals surface area contributed by atoms with Gasteiger partial charge in [-0.05, 0) is 47.7 Å². The molecular weight excluding hydrogens is 549 g/mol. The number of nitrogens with zero attached hydrogens (tertiary/aromatic N) is 2. The van der Waals surface area contributed by atoms with Gasteiger partial charge in [-0.2, -0.15) is 13.2 Å². The van der Waals surface area contributed by atoms with Crippen molar-refractivity contribution in [1.29, 1.82) is 0 Å². The molecule has 2 aromatic carbocycles. The van der Waals surface area contributed by atoms with Crippen molar-refractivity contribution < 1.29 is 36.0 Å². The van der Waals surface area contributed by atoms with Crippen LogP contribution < -0.4 is 10.0 Å². The zero-order chi connectivity index (χ0) is 29.1. The smallest absolute Gasteiger partial charge is 0.352 e. The summed E-state index contributed by atoms with van der Waals surface area (Å²) in [4.78, 5) is 41.3. The van der Waals surface area contributed by atoms with Gasteiger partial charge in [0.2, 0.25) is 21.8 Å². The van der Waals surface area contributed by atoms with Gasteiger partial charge in [-0.1, -0.05) is 30.8 Å². The van der Waals surface area contributed by atoms with Gasteiger partial charge >= 0.3 is 6.18 Å². The molecule has 0 saturated carbocycles. The predicted molar refractivity (Wildman–Crippen MR) is 140 cm³/mol. The number of piperazine rings is 1. The van der Waals surface area contributed by atoms with Crippen molar-refractivity contribution in [3.8, 4) is 0 Å². The van der Waals surface area contributed by atoms with Crippen molar-refractivity contribution in [2.45, 2.75) is 31.6 Å². The minimum atomic E-state index is -4.42. The van der Waals surface area contributed by atoms with Crippen LogP contribution in [0.3, 0.4) is 0 Å². The van der Waals surface area contributed by atoms with Gasteiger partial charge in [0, 0.05) is 43.2 Å². The van der Waals surface area contributed by atoms with Crippen LogP contribution in [0.1, 0.15) is 33.5 Å². The fourth-order valence-electron chi connectivity index (χ4n) is 4.87. The van der Waals surface area contributed by atoms with E-state index in [-0.39, 0.29) is 55.7 Å². The molecule has 0 bridgehead atoms. The average Bonchev–Trinajstić information content (AvgIpc) is 3.34. The van der Waals surface area contributed by atoms with E-state index in [1.165, 1.54) is 17.0 Å². The number of alkyl halides is 3. The summed E-state index contributed by atoms with van der Waals surface area (Å²) >= 11 is 0. The standard InChI is InChI=1S/C27H29F3N4O5S/c1-2-40(38,39)32-14-20-11-23-16-33(17-25(36)34(23)15-20)26(37)21-7-3-18(4-8-21)12-24(35)31-13-19-5-9-22(10-6-19)27(28,29)30/h2-10,20,23,32H,1,11-17H2,(H,31,35)/t20-,23-/m0/s1. The second-order valence-electron chi connectivity index (χ2n) is 9.89. The molecule has 13 heteroatoms. The molecule has 0 radical (unpaired) electrons. The number of carbonyl (C=O) groups excluding carboxylic acids is 3. The lowest BCUT2D eigenvalue weighted by Gasteiger charge is -2.37. The lowest BCUT2D eigenvalue weighted by molar-refractivity contribution is -0.138. The van der Waals surface area contributed by atoms with Crippen LogP contribution in [0.25, 0.3) is 0 Å².